The first-order valence-electron chi connectivity index (χ1n) is 10.2. The lowest BCUT2D eigenvalue weighted by molar-refractivity contribution is -0.140. The number of hydrogen-bond donors (Lipinski definition) is 0. The van der Waals surface area contributed by atoms with Gasteiger partial charge in [-0.3, -0.25) is 9.59 Å². The molecule has 29 heavy (non-hydrogen) atoms. The summed E-state index contributed by atoms with van der Waals surface area (Å²) in [4.78, 5) is 33.7. The Labute approximate surface area is 169 Å². The fraction of sp³-hybridized carbons (Fsp3) is 0.348. The Kier molecular flexibility index (Phi) is 4.54. The molecule has 1 saturated carbocycles. The standard InChI is InChI=1S/C23H24N4O2/c28-22(15-27-16-24-20-8-4-5-9-21(20)27)25-10-12-26(13-11-25)23(29)19-14-18(19)17-6-2-1-3-7-17/h1-9,16,18-19H,10-15H2/t18-,19+/m1/s1. The number of amides is 2. The molecule has 0 unspecified atom stereocenters. The van der Waals surface area contributed by atoms with Crippen LogP contribution in [0.1, 0.15) is 17.9 Å². The second kappa shape index (κ2) is 7.35. The van der Waals surface area contributed by atoms with E-state index in [0.717, 1.165) is 17.5 Å². The SMILES string of the molecule is O=C(Cn1cnc2ccccc21)N1CCN(C(=O)[C@H]2C[C@@H]2c2ccccc2)CC1. The summed E-state index contributed by atoms with van der Waals surface area (Å²) in [5.41, 5.74) is 3.12. The zero-order valence-electron chi connectivity index (χ0n) is 16.3. The predicted octanol–water partition coefficient (Wildman–Crippen LogP) is 2.51. The van der Waals surface area contributed by atoms with Crippen molar-refractivity contribution in [2.24, 2.45) is 5.92 Å². The van der Waals surface area contributed by atoms with Crippen molar-refractivity contribution in [3.05, 3.63) is 66.5 Å². The normalized spacial score (nSPS) is 21.4. The van der Waals surface area contributed by atoms with E-state index in [9.17, 15) is 9.59 Å². The molecule has 0 radical (unpaired) electrons. The fourth-order valence-corrected chi connectivity index (χ4v) is 4.33. The number of carbonyl (C=O) groups is 2. The van der Waals surface area contributed by atoms with Crippen molar-refractivity contribution in [2.75, 3.05) is 26.2 Å². The monoisotopic (exact) mass is 388 g/mol. The minimum atomic E-state index is 0.0776. The van der Waals surface area contributed by atoms with Crippen molar-refractivity contribution < 1.29 is 9.59 Å². The number of hydrogen-bond acceptors (Lipinski definition) is 3. The fourth-order valence-electron chi connectivity index (χ4n) is 4.33. The van der Waals surface area contributed by atoms with E-state index in [1.54, 1.807) is 6.33 Å². The summed E-state index contributed by atoms with van der Waals surface area (Å²) in [5.74, 6) is 0.787. The lowest BCUT2D eigenvalue weighted by Crippen LogP contribution is -2.51. The summed E-state index contributed by atoms with van der Waals surface area (Å²) in [6.45, 7) is 2.72. The molecule has 2 aromatic carbocycles. The number of carbonyl (C=O) groups excluding carboxylic acids is 2. The number of fused-ring (bicyclic) bond motifs is 1. The van der Waals surface area contributed by atoms with Crippen molar-refractivity contribution in [1.29, 1.82) is 0 Å². The Morgan fingerprint density at radius 3 is 2.38 bits per heavy atom. The molecule has 5 rings (SSSR count). The van der Waals surface area contributed by atoms with Crippen LogP contribution in [0.25, 0.3) is 11.0 Å². The van der Waals surface area contributed by atoms with Crippen molar-refractivity contribution in [3.8, 4) is 0 Å². The maximum atomic E-state index is 12.8. The molecule has 1 saturated heterocycles. The molecule has 148 valence electrons. The van der Waals surface area contributed by atoms with Gasteiger partial charge < -0.3 is 14.4 Å². The molecule has 0 N–H and O–H groups in total. The number of aromatic nitrogens is 2. The van der Waals surface area contributed by atoms with Gasteiger partial charge in [0, 0.05) is 32.1 Å². The van der Waals surface area contributed by atoms with Crippen LogP contribution >= 0.6 is 0 Å². The molecule has 6 nitrogen and oxygen atoms in total. The van der Waals surface area contributed by atoms with E-state index in [-0.39, 0.29) is 24.3 Å². The van der Waals surface area contributed by atoms with Gasteiger partial charge in [-0.25, -0.2) is 4.98 Å². The van der Waals surface area contributed by atoms with E-state index in [4.69, 9.17) is 0 Å². The van der Waals surface area contributed by atoms with E-state index < -0.39 is 0 Å². The Hall–Kier alpha value is -3.15. The van der Waals surface area contributed by atoms with Crippen LogP contribution in [0.5, 0.6) is 0 Å². The van der Waals surface area contributed by atoms with Gasteiger partial charge in [-0.15, -0.1) is 0 Å². The van der Waals surface area contributed by atoms with Crippen molar-refractivity contribution >= 4 is 22.8 Å². The Morgan fingerprint density at radius 1 is 0.897 bits per heavy atom. The molecule has 0 spiro atoms. The third-order valence-electron chi connectivity index (χ3n) is 6.11. The quantitative estimate of drug-likeness (QED) is 0.690. The summed E-state index contributed by atoms with van der Waals surface area (Å²) >= 11 is 0. The molecule has 2 atom stereocenters. The molecule has 1 aromatic heterocycles. The molecule has 1 aliphatic carbocycles. The molecule has 6 heteroatoms. The van der Waals surface area contributed by atoms with Gasteiger partial charge in [0.1, 0.15) is 6.54 Å². The number of piperazine rings is 1. The van der Waals surface area contributed by atoms with Crippen LogP contribution in [0.2, 0.25) is 0 Å². The van der Waals surface area contributed by atoms with E-state index >= 15 is 0 Å². The lowest BCUT2D eigenvalue weighted by Gasteiger charge is -2.35. The Balaban J connectivity index is 1.15. The van der Waals surface area contributed by atoms with Crippen LogP contribution in [-0.4, -0.2) is 57.3 Å². The lowest BCUT2D eigenvalue weighted by atomic mass is 10.1. The largest absolute Gasteiger partial charge is 0.339 e. The smallest absolute Gasteiger partial charge is 0.242 e. The summed E-state index contributed by atoms with van der Waals surface area (Å²) in [7, 11) is 0. The Morgan fingerprint density at radius 2 is 1.59 bits per heavy atom. The second-order valence-electron chi connectivity index (χ2n) is 7.93. The maximum Gasteiger partial charge on any atom is 0.242 e. The van der Waals surface area contributed by atoms with Gasteiger partial charge in [0.2, 0.25) is 11.8 Å². The predicted molar refractivity (Wildman–Crippen MR) is 110 cm³/mol. The summed E-state index contributed by atoms with van der Waals surface area (Å²) in [6, 6.07) is 18.1. The summed E-state index contributed by atoms with van der Waals surface area (Å²) in [6.07, 6.45) is 2.66. The highest BCUT2D eigenvalue weighted by molar-refractivity contribution is 5.84. The number of imidazole rings is 1. The third kappa shape index (κ3) is 3.50. The van der Waals surface area contributed by atoms with Gasteiger partial charge in [-0.05, 0) is 30.0 Å². The highest BCUT2D eigenvalue weighted by Crippen LogP contribution is 2.48. The number of benzene rings is 2. The van der Waals surface area contributed by atoms with Crippen molar-refractivity contribution in [1.82, 2.24) is 19.4 Å². The number of rotatable bonds is 4. The third-order valence-corrected chi connectivity index (χ3v) is 6.11. The van der Waals surface area contributed by atoms with Crippen LogP contribution in [0.15, 0.2) is 60.9 Å². The molecule has 2 fully saturated rings. The van der Waals surface area contributed by atoms with Gasteiger partial charge in [-0.2, -0.15) is 0 Å². The topological polar surface area (TPSA) is 58.4 Å². The van der Waals surface area contributed by atoms with Gasteiger partial charge in [0.05, 0.1) is 17.4 Å². The van der Waals surface area contributed by atoms with Gasteiger partial charge >= 0.3 is 0 Å². The molecular formula is C23H24N4O2. The molecule has 3 aromatic rings. The van der Waals surface area contributed by atoms with E-state index in [0.29, 0.717) is 32.1 Å². The van der Waals surface area contributed by atoms with Crippen LogP contribution < -0.4 is 0 Å². The average molecular weight is 388 g/mol. The highest BCUT2D eigenvalue weighted by atomic mass is 16.2. The molecule has 2 amide bonds. The van der Waals surface area contributed by atoms with Crippen LogP contribution in [0.3, 0.4) is 0 Å². The second-order valence-corrected chi connectivity index (χ2v) is 7.93. The first-order valence-corrected chi connectivity index (χ1v) is 10.2. The molecule has 1 aliphatic heterocycles. The van der Waals surface area contributed by atoms with Gasteiger partial charge in [-0.1, -0.05) is 42.5 Å². The van der Waals surface area contributed by atoms with Crippen LogP contribution in [-0.2, 0) is 16.1 Å². The maximum absolute atomic E-state index is 12.8. The van der Waals surface area contributed by atoms with Crippen molar-refractivity contribution in [3.63, 3.8) is 0 Å². The van der Waals surface area contributed by atoms with Crippen LogP contribution in [0, 0.1) is 5.92 Å². The van der Waals surface area contributed by atoms with Crippen LogP contribution in [0.4, 0.5) is 0 Å². The molecule has 2 aliphatic rings. The molecule has 2 heterocycles. The first kappa shape index (κ1) is 17.9. The zero-order chi connectivity index (χ0) is 19.8. The first-order chi connectivity index (χ1) is 14.2. The summed E-state index contributed by atoms with van der Waals surface area (Å²) in [5, 5.41) is 0. The molecular weight excluding hydrogens is 364 g/mol. The highest BCUT2D eigenvalue weighted by Gasteiger charge is 2.46. The van der Waals surface area contributed by atoms with E-state index in [1.165, 1.54) is 5.56 Å². The minimum Gasteiger partial charge on any atom is -0.339 e. The van der Waals surface area contributed by atoms with Crippen molar-refractivity contribution in [2.45, 2.75) is 18.9 Å². The summed E-state index contributed by atoms with van der Waals surface area (Å²) < 4.78 is 1.89. The van der Waals surface area contributed by atoms with E-state index in [2.05, 4.69) is 17.1 Å². The number of nitrogens with zero attached hydrogens (tertiary/aromatic N) is 4. The minimum absolute atomic E-state index is 0.0776. The van der Waals surface area contributed by atoms with Gasteiger partial charge in [0.25, 0.3) is 0 Å². The molecule has 0 bridgehead atoms. The van der Waals surface area contributed by atoms with Gasteiger partial charge in [0.15, 0.2) is 0 Å². The zero-order valence-corrected chi connectivity index (χ0v) is 16.3. The van der Waals surface area contributed by atoms with E-state index in [1.807, 2.05) is 56.8 Å². The number of para-hydroxylation sites is 2. The Bertz CT molecular complexity index is 1040. The average Bonchev–Trinajstić information content (AvgIpc) is 3.49.